The molecule has 0 bridgehead atoms. The van der Waals surface area contributed by atoms with Gasteiger partial charge in [-0.1, -0.05) is 24.4 Å². The average molecular weight is 243 g/mol. The number of hydrogen-bond donors (Lipinski definition) is 0. The van der Waals surface area contributed by atoms with E-state index in [9.17, 15) is 0 Å². The van der Waals surface area contributed by atoms with Crippen LogP contribution in [0.15, 0.2) is 30.5 Å². The highest BCUT2D eigenvalue weighted by molar-refractivity contribution is 6.55. The lowest BCUT2D eigenvalue weighted by molar-refractivity contribution is 0.0706. The van der Waals surface area contributed by atoms with Crippen LogP contribution in [-0.2, 0) is 4.74 Å². The van der Waals surface area contributed by atoms with Crippen LogP contribution in [-0.4, -0.2) is 32.1 Å². The molecular weight excluding hydrogens is 225 g/mol. The molecule has 0 N–H and O–H groups in total. The molecule has 2 aromatic rings. The quantitative estimate of drug-likeness (QED) is 0.750. The fourth-order valence-corrected chi connectivity index (χ4v) is 1.93. The zero-order chi connectivity index (χ0) is 13.0. The number of benzene rings is 1. The zero-order valence-corrected chi connectivity index (χ0v) is 11.1. The van der Waals surface area contributed by atoms with Crippen molar-refractivity contribution in [3.05, 3.63) is 30.5 Å². The number of hydrogen-bond acceptors (Lipinski definition) is 3. The van der Waals surface area contributed by atoms with Gasteiger partial charge in [0.05, 0.1) is 6.10 Å². The van der Waals surface area contributed by atoms with Crippen molar-refractivity contribution < 1.29 is 9.47 Å². The maximum absolute atomic E-state index is 5.74. The molecule has 94 valence electrons. The van der Waals surface area contributed by atoms with Gasteiger partial charge in [-0.15, -0.1) is 0 Å². The van der Waals surface area contributed by atoms with Crippen molar-refractivity contribution in [2.75, 3.05) is 13.7 Å². The molecule has 4 heteroatoms. The predicted molar refractivity (Wildman–Crippen MR) is 76.4 cm³/mol. The molecule has 1 aromatic heterocycles. The number of pyridine rings is 1. The van der Waals surface area contributed by atoms with Crippen LogP contribution >= 0.6 is 0 Å². The Morgan fingerprint density at radius 2 is 2.11 bits per heavy atom. The zero-order valence-electron chi connectivity index (χ0n) is 11.1. The Morgan fingerprint density at radius 3 is 2.83 bits per heavy atom. The molecule has 0 aliphatic rings. The van der Waals surface area contributed by atoms with Gasteiger partial charge in [0, 0.05) is 18.7 Å². The van der Waals surface area contributed by atoms with Gasteiger partial charge in [-0.25, -0.2) is 4.98 Å². The molecule has 1 unspecified atom stereocenters. The first-order valence-electron chi connectivity index (χ1n) is 6.28. The van der Waals surface area contributed by atoms with Gasteiger partial charge in [0.25, 0.3) is 0 Å². The van der Waals surface area contributed by atoms with Gasteiger partial charge in [0.15, 0.2) is 7.28 Å². The first-order chi connectivity index (χ1) is 8.76. The minimum atomic E-state index is 0.0661. The van der Waals surface area contributed by atoms with Gasteiger partial charge in [-0.3, -0.25) is 0 Å². The van der Waals surface area contributed by atoms with Crippen LogP contribution in [0.4, 0.5) is 0 Å². The van der Waals surface area contributed by atoms with E-state index < -0.39 is 0 Å². The third-order valence-electron chi connectivity index (χ3n) is 3.10. The summed E-state index contributed by atoms with van der Waals surface area (Å²) in [4.78, 5) is 4.31. The van der Waals surface area contributed by atoms with Gasteiger partial charge in [0.1, 0.15) is 6.61 Å². The van der Waals surface area contributed by atoms with E-state index in [1.165, 1.54) is 10.8 Å². The molecule has 2 rings (SSSR count). The van der Waals surface area contributed by atoms with Crippen LogP contribution in [0, 0.1) is 0 Å². The monoisotopic (exact) mass is 243 g/mol. The lowest BCUT2D eigenvalue weighted by atomic mass is 9.71. The Kier molecular flexibility index (Phi) is 4.21. The van der Waals surface area contributed by atoms with E-state index in [1.807, 2.05) is 19.1 Å². The van der Waals surface area contributed by atoms with E-state index in [-0.39, 0.29) is 6.10 Å². The van der Waals surface area contributed by atoms with Crippen molar-refractivity contribution in [1.82, 2.24) is 4.98 Å². The standard InChI is InChI=1S/C14H18BNO2/c1-10(17-3)9-18-14-12-5-4-6-13(15-2)11(12)7-8-16-14/h4-8,10,15H,9H2,1-3H3. The van der Waals surface area contributed by atoms with Crippen LogP contribution in [0.2, 0.25) is 6.82 Å². The Balaban J connectivity index is 2.34. The smallest absolute Gasteiger partial charge is 0.221 e. The van der Waals surface area contributed by atoms with Gasteiger partial charge >= 0.3 is 0 Å². The van der Waals surface area contributed by atoms with Gasteiger partial charge in [-0.05, 0) is 24.4 Å². The fourth-order valence-electron chi connectivity index (χ4n) is 1.93. The van der Waals surface area contributed by atoms with Crippen LogP contribution in [0.25, 0.3) is 10.8 Å². The first kappa shape index (κ1) is 12.9. The van der Waals surface area contributed by atoms with E-state index in [0.717, 1.165) is 12.7 Å². The number of rotatable bonds is 5. The van der Waals surface area contributed by atoms with Crippen molar-refractivity contribution in [3.8, 4) is 5.88 Å². The predicted octanol–water partition coefficient (Wildman–Crippen LogP) is 1.76. The fraction of sp³-hybridized carbons (Fsp3) is 0.357. The summed E-state index contributed by atoms with van der Waals surface area (Å²) in [5, 5.41) is 2.29. The Morgan fingerprint density at radius 1 is 1.28 bits per heavy atom. The average Bonchev–Trinajstić information content (AvgIpc) is 2.43. The first-order valence-corrected chi connectivity index (χ1v) is 6.28. The number of nitrogens with zero attached hydrogens (tertiary/aromatic N) is 1. The summed E-state index contributed by atoms with van der Waals surface area (Å²) in [5.74, 6) is 0.687. The summed E-state index contributed by atoms with van der Waals surface area (Å²) in [6, 6.07) is 8.29. The summed E-state index contributed by atoms with van der Waals surface area (Å²) < 4.78 is 10.9. The highest BCUT2D eigenvalue weighted by atomic mass is 16.5. The largest absolute Gasteiger partial charge is 0.474 e. The molecule has 1 atom stereocenters. The third-order valence-corrected chi connectivity index (χ3v) is 3.10. The van der Waals surface area contributed by atoms with Gasteiger partial charge in [-0.2, -0.15) is 0 Å². The Hall–Kier alpha value is -1.55. The minimum Gasteiger partial charge on any atom is -0.474 e. The molecule has 1 heterocycles. The lowest BCUT2D eigenvalue weighted by Gasteiger charge is -2.13. The van der Waals surface area contributed by atoms with E-state index in [2.05, 4.69) is 23.9 Å². The van der Waals surface area contributed by atoms with Crippen molar-refractivity contribution >= 4 is 23.5 Å². The third kappa shape index (κ3) is 2.64. The molecular formula is C14H18BNO2. The number of fused-ring (bicyclic) bond motifs is 1. The molecule has 3 nitrogen and oxygen atoms in total. The molecule has 0 fully saturated rings. The molecule has 0 aliphatic carbocycles. The summed E-state index contributed by atoms with van der Waals surface area (Å²) >= 11 is 0. The molecule has 0 spiro atoms. The second kappa shape index (κ2) is 5.87. The van der Waals surface area contributed by atoms with Crippen molar-refractivity contribution in [2.45, 2.75) is 19.9 Å². The van der Waals surface area contributed by atoms with E-state index in [1.54, 1.807) is 13.3 Å². The normalized spacial score (nSPS) is 12.4. The van der Waals surface area contributed by atoms with Crippen molar-refractivity contribution in [2.24, 2.45) is 0 Å². The lowest BCUT2D eigenvalue weighted by Crippen LogP contribution is -2.17. The van der Waals surface area contributed by atoms with E-state index in [4.69, 9.17) is 9.47 Å². The Labute approximate surface area is 108 Å². The van der Waals surface area contributed by atoms with Gasteiger partial charge < -0.3 is 9.47 Å². The molecule has 0 amide bonds. The van der Waals surface area contributed by atoms with Crippen LogP contribution in [0.1, 0.15) is 6.92 Å². The van der Waals surface area contributed by atoms with Crippen LogP contribution in [0.3, 0.4) is 0 Å². The highest BCUT2D eigenvalue weighted by Gasteiger charge is 2.08. The van der Waals surface area contributed by atoms with Crippen molar-refractivity contribution in [3.63, 3.8) is 0 Å². The number of aromatic nitrogens is 1. The molecule has 1 aromatic carbocycles. The van der Waals surface area contributed by atoms with E-state index >= 15 is 0 Å². The molecule has 0 saturated carbocycles. The second-order valence-corrected chi connectivity index (χ2v) is 4.34. The van der Waals surface area contributed by atoms with Crippen LogP contribution < -0.4 is 10.2 Å². The number of methoxy groups -OCH3 is 1. The topological polar surface area (TPSA) is 31.4 Å². The SMILES string of the molecule is CBc1cccc2c(OCC(C)OC)nccc12. The number of ether oxygens (including phenoxy) is 2. The van der Waals surface area contributed by atoms with Crippen LogP contribution in [0.5, 0.6) is 5.88 Å². The summed E-state index contributed by atoms with van der Waals surface area (Å²) in [6.45, 7) is 4.64. The molecule has 0 saturated heterocycles. The highest BCUT2D eigenvalue weighted by Crippen LogP contribution is 2.21. The van der Waals surface area contributed by atoms with Crippen molar-refractivity contribution in [1.29, 1.82) is 0 Å². The molecule has 0 aliphatic heterocycles. The summed E-state index contributed by atoms with van der Waals surface area (Å²) in [7, 11) is 2.69. The van der Waals surface area contributed by atoms with E-state index in [0.29, 0.717) is 12.5 Å². The molecule has 0 radical (unpaired) electrons. The maximum Gasteiger partial charge on any atom is 0.221 e. The van der Waals surface area contributed by atoms with Gasteiger partial charge in [0.2, 0.25) is 5.88 Å². The Bertz CT molecular complexity index is 530. The summed E-state index contributed by atoms with van der Waals surface area (Å²) in [6.07, 6.45) is 1.87. The second-order valence-electron chi connectivity index (χ2n) is 4.34. The maximum atomic E-state index is 5.74. The molecule has 18 heavy (non-hydrogen) atoms. The minimum absolute atomic E-state index is 0.0661. The summed E-state index contributed by atoms with van der Waals surface area (Å²) in [5.41, 5.74) is 1.32.